The van der Waals surface area contributed by atoms with Crippen molar-refractivity contribution in [3.05, 3.63) is 0 Å². The second-order valence-corrected chi connectivity index (χ2v) is 2.23. The van der Waals surface area contributed by atoms with E-state index in [1.807, 2.05) is 0 Å². The van der Waals surface area contributed by atoms with Gasteiger partial charge in [0, 0.05) is 6.04 Å². The molecule has 0 bridgehead atoms. The molecule has 1 fully saturated rings. The Morgan fingerprint density at radius 3 is 2.89 bits per heavy atom. The molecule has 9 heavy (non-hydrogen) atoms. The predicted octanol–water partition coefficient (Wildman–Crippen LogP) is -0.0886. The van der Waals surface area contributed by atoms with Crippen molar-refractivity contribution in [1.82, 2.24) is 5.32 Å². The van der Waals surface area contributed by atoms with E-state index in [1.165, 1.54) is 20.0 Å². The van der Waals surface area contributed by atoms with Gasteiger partial charge in [0.25, 0.3) is 0 Å². The maximum Gasteiger partial charge on any atom is 0.319 e. The number of ether oxygens (including phenoxy) is 1. The molecule has 0 spiro atoms. The molecule has 1 rings (SSSR count). The van der Waals surface area contributed by atoms with Gasteiger partial charge in [-0.05, 0) is 12.8 Å². The molecule has 0 aromatic carbocycles. The van der Waals surface area contributed by atoms with E-state index in [9.17, 15) is 4.79 Å². The molecule has 1 N–H and O–H groups in total. The quantitative estimate of drug-likeness (QED) is 0.541. The van der Waals surface area contributed by atoms with Crippen molar-refractivity contribution in [1.29, 1.82) is 0 Å². The number of hydrogen-bond acceptors (Lipinski definition) is 3. The molecule has 0 amide bonds. The zero-order valence-corrected chi connectivity index (χ0v) is 5.52. The first-order valence-electron chi connectivity index (χ1n) is 3.13. The lowest BCUT2D eigenvalue weighted by Gasteiger charge is -1.98. The minimum Gasteiger partial charge on any atom is -0.468 e. The first kappa shape index (κ1) is 6.55. The number of nitrogens with one attached hydrogen (secondary N) is 1. The monoisotopic (exact) mass is 129 g/mol. The third-order valence-electron chi connectivity index (χ3n) is 1.34. The summed E-state index contributed by atoms with van der Waals surface area (Å²) in [7, 11) is 1.40. The molecule has 0 unspecified atom stereocenters. The lowest BCUT2D eigenvalue weighted by Crippen LogP contribution is -2.25. The van der Waals surface area contributed by atoms with E-state index in [-0.39, 0.29) is 5.97 Å². The van der Waals surface area contributed by atoms with E-state index in [2.05, 4.69) is 10.1 Å². The van der Waals surface area contributed by atoms with E-state index < -0.39 is 0 Å². The fraction of sp³-hybridized carbons (Fsp3) is 0.833. The standard InChI is InChI=1S/C6H11NO2/c1-9-6(8)4-7-5-2-3-5/h5,7H,2-4H2,1H3. The number of hydrogen-bond donors (Lipinski definition) is 1. The third kappa shape index (κ3) is 2.46. The van der Waals surface area contributed by atoms with Gasteiger partial charge in [-0.1, -0.05) is 0 Å². The van der Waals surface area contributed by atoms with Gasteiger partial charge in [-0.2, -0.15) is 0 Å². The van der Waals surface area contributed by atoms with Crippen molar-refractivity contribution < 1.29 is 9.53 Å². The molecule has 1 saturated carbocycles. The molecule has 0 aromatic rings. The number of methoxy groups -OCH3 is 1. The number of esters is 1. The zero-order chi connectivity index (χ0) is 6.69. The van der Waals surface area contributed by atoms with Crippen molar-refractivity contribution in [2.45, 2.75) is 18.9 Å². The zero-order valence-electron chi connectivity index (χ0n) is 5.52. The summed E-state index contributed by atoms with van der Waals surface area (Å²) in [5.41, 5.74) is 0. The van der Waals surface area contributed by atoms with Crippen LogP contribution in [0.3, 0.4) is 0 Å². The molecule has 1 aliphatic rings. The van der Waals surface area contributed by atoms with Crippen LogP contribution in [0.2, 0.25) is 0 Å². The summed E-state index contributed by atoms with van der Waals surface area (Å²) < 4.78 is 4.43. The summed E-state index contributed by atoms with van der Waals surface area (Å²) >= 11 is 0. The molecule has 3 heteroatoms. The lowest BCUT2D eigenvalue weighted by molar-refractivity contribution is -0.139. The number of carbonyl (C=O) groups is 1. The van der Waals surface area contributed by atoms with E-state index in [0.29, 0.717) is 12.6 Å². The Balaban J connectivity index is 1.96. The van der Waals surface area contributed by atoms with Crippen molar-refractivity contribution in [3.8, 4) is 0 Å². The second-order valence-electron chi connectivity index (χ2n) is 2.23. The van der Waals surface area contributed by atoms with Crippen LogP contribution in [-0.4, -0.2) is 25.7 Å². The summed E-state index contributed by atoms with van der Waals surface area (Å²) in [6.45, 7) is 0.362. The van der Waals surface area contributed by atoms with Crippen molar-refractivity contribution in [3.63, 3.8) is 0 Å². The van der Waals surface area contributed by atoms with Crippen LogP contribution in [0.25, 0.3) is 0 Å². The van der Waals surface area contributed by atoms with Crippen LogP contribution in [-0.2, 0) is 9.53 Å². The van der Waals surface area contributed by atoms with Gasteiger partial charge in [0.05, 0.1) is 13.7 Å². The fourth-order valence-corrected chi connectivity index (χ4v) is 0.587. The van der Waals surface area contributed by atoms with Crippen LogP contribution in [0.15, 0.2) is 0 Å². The Bertz CT molecular complexity index is 110. The van der Waals surface area contributed by atoms with Gasteiger partial charge in [0.1, 0.15) is 0 Å². The van der Waals surface area contributed by atoms with E-state index >= 15 is 0 Å². The predicted molar refractivity (Wildman–Crippen MR) is 33.0 cm³/mol. The van der Waals surface area contributed by atoms with E-state index in [0.717, 1.165) is 0 Å². The highest BCUT2D eigenvalue weighted by Gasteiger charge is 2.20. The first-order chi connectivity index (χ1) is 4.33. The Hall–Kier alpha value is -0.570. The van der Waals surface area contributed by atoms with Gasteiger partial charge in [-0.3, -0.25) is 4.79 Å². The molecular weight excluding hydrogens is 118 g/mol. The van der Waals surface area contributed by atoms with Crippen molar-refractivity contribution in [2.24, 2.45) is 0 Å². The average molecular weight is 129 g/mol. The van der Waals surface area contributed by atoms with Crippen LogP contribution in [0, 0.1) is 0 Å². The van der Waals surface area contributed by atoms with Gasteiger partial charge in [0.15, 0.2) is 0 Å². The Kier molecular flexibility index (Phi) is 2.05. The highest BCUT2D eigenvalue weighted by atomic mass is 16.5. The van der Waals surface area contributed by atoms with E-state index in [1.54, 1.807) is 0 Å². The maximum absolute atomic E-state index is 10.5. The molecule has 3 nitrogen and oxygen atoms in total. The number of carbonyl (C=O) groups excluding carboxylic acids is 1. The molecule has 1 aliphatic carbocycles. The molecule has 0 saturated heterocycles. The van der Waals surface area contributed by atoms with Crippen LogP contribution >= 0.6 is 0 Å². The third-order valence-corrected chi connectivity index (χ3v) is 1.34. The SMILES string of the molecule is COC(=O)CNC1CC1. The van der Waals surface area contributed by atoms with Crippen LogP contribution < -0.4 is 5.32 Å². The summed E-state index contributed by atoms with van der Waals surface area (Å²) in [5, 5.41) is 3.03. The summed E-state index contributed by atoms with van der Waals surface area (Å²) in [6, 6.07) is 0.587. The second kappa shape index (κ2) is 2.82. The van der Waals surface area contributed by atoms with Crippen LogP contribution in [0.4, 0.5) is 0 Å². The first-order valence-corrected chi connectivity index (χ1v) is 3.13. The van der Waals surface area contributed by atoms with Crippen LogP contribution in [0.5, 0.6) is 0 Å². The lowest BCUT2D eigenvalue weighted by atomic mass is 10.6. The van der Waals surface area contributed by atoms with Crippen molar-refractivity contribution >= 4 is 5.97 Å². The maximum atomic E-state index is 10.5. The topological polar surface area (TPSA) is 38.3 Å². The van der Waals surface area contributed by atoms with Gasteiger partial charge >= 0.3 is 5.97 Å². The minimum absolute atomic E-state index is 0.179. The van der Waals surface area contributed by atoms with Crippen molar-refractivity contribution in [2.75, 3.05) is 13.7 Å². The minimum atomic E-state index is -0.179. The molecule has 52 valence electrons. The highest BCUT2D eigenvalue weighted by Crippen LogP contribution is 2.17. The summed E-state index contributed by atoms with van der Waals surface area (Å²) in [5.74, 6) is -0.179. The van der Waals surface area contributed by atoms with Gasteiger partial charge in [-0.25, -0.2) is 0 Å². The van der Waals surface area contributed by atoms with E-state index in [4.69, 9.17) is 0 Å². The summed E-state index contributed by atoms with van der Waals surface area (Å²) in [4.78, 5) is 10.5. The Morgan fingerprint density at radius 1 is 1.78 bits per heavy atom. The van der Waals surface area contributed by atoms with Gasteiger partial charge in [0.2, 0.25) is 0 Å². The largest absolute Gasteiger partial charge is 0.468 e. The Morgan fingerprint density at radius 2 is 2.44 bits per heavy atom. The smallest absolute Gasteiger partial charge is 0.319 e. The van der Waals surface area contributed by atoms with Gasteiger partial charge in [-0.15, -0.1) is 0 Å². The molecular formula is C6H11NO2. The summed E-state index contributed by atoms with van der Waals surface area (Å²) in [6.07, 6.45) is 2.41. The number of rotatable bonds is 3. The Labute approximate surface area is 54.4 Å². The van der Waals surface area contributed by atoms with Crippen LogP contribution in [0.1, 0.15) is 12.8 Å². The highest BCUT2D eigenvalue weighted by molar-refractivity contribution is 5.71. The molecule has 0 atom stereocenters. The molecule has 0 aliphatic heterocycles. The molecule has 0 radical (unpaired) electrons. The molecule has 0 aromatic heterocycles. The molecule has 0 heterocycles. The average Bonchev–Trinajstić information content (AvgIpc) is 2.65. The fourth-order valence-electron chi connectivity index (χ4n) is 0.587. The normalized spacial score (nSPS) is 17.4. The van der Waals surface area contributed by atoms with Gasteiger partial charge < -0.3 is 10.1 Å².